The summed E-state index contributed by atoms with van der Waals surface area (Å²) in [5, 5.41) is 9.07. The molecule has 2 unspecified atom stereocenters. The van der Waals surface area contributed by atoms with Gasteiger partial charge in [-0.1, -0.05) is 26.0 Å². The van der Waals surface area contributed by atoms with Crippen LogP contribution in [0.5, 0.6) is 0 Å². The molecule has 1 aromatic heterocycles. The molecule has 2 aromatic carbocycles. The lowest BCUT2D eigenvalue weighted by atomic mass is 9.79. The number of nitrogens with zero attached hydrogens (tertiary/aromatic N) is 2. The van der Waals surface area contributed by atoms with Crippen LogP contribution in [0.25, 0.3) is 0 Å². The molecule has 41 heavy (non-hydrogen) atoms. The maximum Gasteiger partial charge on any atom is 0.244 e. The van der Waals surface area contributed by atoms with Crippen molar-refractivity contribution in [2.45, 2.75) is 56.5 Å². The van der Waals surface area contributed by atoms with Crippen molar-refractivity contribution in [1.29, 1.82) is 0 Å². The summed E-state index contributed by atoms with van der Waals surface area (Å²) in [5.41, 5.74) is 2.09. The van der Waals surface area contributed by atoms with Crippen molar-refractivity contribution in [2.24, 2.45) is 0 Å². The quantitative estimate of drug-likeness (QED) is 0.424. The number of aromatic nitrogens is 1. The Morgan fingerprint density at radius 2 is 1.78 bits per heavy atom. The largest absolute Gasteiger partial charge is 0.325 e. The van der Waals surface area contributed by atoms with E-state index in [1.165, 1.54) is 17.0 Å². The monoisotopic (exact) mass is 559 g/mol. The minimum Gasteiger partial charge on any atom is -0.325 e. The maximum atomic E-state index is 14.1. The zero-order valence-electron chi connectivity index (χ0n) is 22.9. The Labute approximate surface area is 236 Å². The summed E-state index contributed by atoms with van der Waals surface area (Å²) < 4.78 is 28.2. The molecule has 3 N–H and O–H groups in total. The Kier molecular flexibility index (Phi) is 6.60. The molecule has 0 radical (unpaired) electrons. The molecule has 3 aromatic rings. The fraction of sp³-hybridized carbons (Fsp3) is 0.355. The Morgan fingerprint density at radius 1 is 1.05 bits per heavy atom. The van der Waals surface area contributed by atoms with Gasteiger partial charge in [0.05, 0.1) is 17.0 Å². The van der Waals surface area contributed by atoms with Crippen molar-refractivity contribution in [2.75, 3.05) is 23.7 Å². The Hall–Kier alpha value is -4.18. The molecule has 10 heteroatoms. The lowest BCUT2D eigenvalue weighted by Crippen LogP contribution is -2.65. The number of carbonyl (C=O) groups is 3. The van der Waals surface area contributed by atoms with Gasteiger partial charge in [-0.25, -0.2) is 13.8 Å². The van der Waals surface area contributed by atoms with Crippen molar-refractivity contribution in [3.05, 3.63) is 88.6 Å². The molecule has 0 bridgehead atoms. The van der Waals surface area contributed by atoms with Crippen molar-refractivity contribution in [1.82, 2.24) is 15.2 Å². The van der Waals surface area contributed by atoms with Gasteiger partial charge in [-0.15, -0.1) is 0 Å². The second-order valence-corrected chi connectivity index (χ2v) is 11.1. The van der Waals surface area contributed by atoms with Crippen LogP contribution in [0.1, 0.15) is 55.0 Å². The number of hydrogen-bond acceptors (Lipinski definition) is 5. The average Bonchev–Trinajstić information content (AvgIpc) is 3.46. The fourth-order valence-corrected chi connectivity index (χ4v) is 6.64. The first-order chi connectivity index (χ1) is 19.7. The topological polar surface area (TPSA) is 103 Å². The third kappa shape index (κ3) is 4.46. The molecule has 3 aliphatic rings. The number of fused-ring (bicyclic) bond motifs is 3. The van der Waals surface area contributed by atoms with Crippen molar-refractivity contribution in [3.8, 4) is 0 Å². The number of pyridine rings is 1. The van der Waals surface area contributed by atoms with Gasteiger partial charge in [-0.2, -0.15) is 0 Å². The minimum atomic E-state index is -0.864. The van der Waals surface area contributed by atoms with Crippen LogP contribution in [0.4, 0.5) is 20.3 Å². The van der Waals surface area contributed by atoms with E-state index in [0.717, 1.165) is 22.8 Å². The summed E-state index contributed by atoms with van der Waals surface area (Å²) in [6.45, 7) is 3.76. The van der Waals surface area contributed by atoms with Crippen molar-refractivity contribution in [3.63, 3.8) is 0 Å². The second kappa shape index (κ2) is 10.0. The normalized spacial score (nSPS) is 22.4. The van der Waals surface area contributed by atoms with Crippen LogP contribution in [0.15, 0.2) is 54.7 Å². The average molecular weight is 560 g/mol. The molecule has 2 aliphatic heterocycles. The van der Waals surface area contributed by atoms with E-state index in [2.05, 4.69) is 20.9 Å². The molecule has 0 saturated carbocycles. The number of rotatable bonds is 6. The molecule has 8 nitrogen and oxygen atoms in total. The van der Waals surface area contributed by atoms with Gasteiger partial charge < -0.3 is 20.9 Å². The smallest absolute Gasteiger partial charge is 0.244 e. The first-order valence-corrected chi connectivity index (χ1v) is 13.9. The first kappa shape index (κ1) is 27.0. The zero-order valence-corrected chi connectivity index (χ0v) is 22.9. The van der Waals surface area contributed by atoms with E-state index >= 15 is 0 Å². The van der Waals surface area contributed by atoms with Crippen LogP contribution in [-0.4, -0.2) is 46.2 Å². The van der Waals surface area contributed by atoms with Gasteiger partial charge in [0.1, 0.15) is 24.0 Å². The number of amides is 3. The number of nitrogens with one attached hydrogen (secondary N) is 3. The van der Waals surface area contributed by atoms with Gasteiger partial charge in [-0.05, 0) is 72.7 Å². The van der Waals surface area contributed by atoms with Gasteiger partial charge in [0, 0.05) is 30.1 Å². The Balaban J connectivity index is 1.23. The predicted molar refractivity (Wildman–Crippen MR) is 149 cm³/mol. The van der Waals surface area contributed by atoms with Crippen LogP contribution in [0, 0.1) is 11.6 Å². The standard InChI is InChI=1S/C31H31F2N5O3/c1-3-31(4-2)29(41)38(25(16-35-31)19-10-21(32)13-22(33)11-19)17-26(39)36-23-8-7-18-14-30(15-20(18)12-23)24-6-5-9-34-27(24)37-28(30)40/h5-13,25,35H,3-4,14-17H2,1-2H3,(H,36,39)(H,34,37,40). The molecular weight excluding hydrogens is 528 g/mol. The highest BCUT2D eigenvalue weighted by Gasteiger charge is 2.51. The molecule has 3 amide bonds. The summed E-state index contributed by atoms with van der Waals surface area (Å²) >= 11 is 0. The van der Waals surface area contributed by atoms with E-state index in [0.29, 0.717) is 37.2 Å². The molecule has 1 fully saturated rings. The number of halogens is 2. The Morgan fingerprint density at radius 3 is 2.51 bits per heavy atom. The lowest BCUT2D eigenvalue weighted by Gasteiger charge is -2.46. The summed E-state index contributed by atoms with van der Waals surface area (Å²) in [5.74, 6) is -1.70. The molecule has 6 rings (SSSR count). The van der Waals surface area contributed by atoms with Gasteiger partial charge in [0.2, 0.25) is 17.7 Å². The minimum absolute atomic E-state index is 0.0830. The highest BCUT2D eigenvalue weighted by molar-refractivity contribution is 6.06. The van der Waals surface area contributed by atoms with Crippen LogP contribution < -0.4 is 16.0 Å². The van der Waals surface area contributed by atoms with Gasteiger partial charge in [-0.3, -0.25) is 14.4 Å². The first-order valence-electron chi connectivity index (χ1n) is 13.9. The number of anilines is 2. The van der Waals surface area contributed by atoms with E-state index in [9.17, 15) is 23.2 Å². The molecular formula is C31H31F2N5O3. The molecule has 3 heterocycles. The zero-order chi connectivity index (χ0) is 28.9. The SMILES string of the molecule is CCC1(CC)NCC(c2cc(F)cc(F)c2)N(CC(=O)Nc2ccc3c(c2)CC2(C3)C(=O)Nc3ncccc32)C1=O. The van der Waals surface area contributed by atoms with Crippen molar-refractivity contribution < 1.29 is 23.2 Å². The van der Waals surface area contributed by atoms with Crippen LogP contribution >= 0.6 is 0 Å². The fourth-order valence-electron chi connectivity index (χ4n) is 6.64. The van der Waals surface area contributed by atoms with Crippen LogP contribution in [0.2, 0.25) is 0 Å². The predicted octanol–water partition coefficient (Wildman–Crippen LogP) is 4.02. The highest BCUT2D eigenvalue weighted by atomic mass is 19.1. The third-order valence-electron chi connectivity index (χ3n) is 8.94. The van der Waals surface area contributed by atoms with E-state index in [1.807, 2.05) is 38.1 Å². The van der Waals surface area contributed by atoms with Gasteiger partial charge >= 0.3 is 0 Å². The van der Waals surface area contributed by atoms with Crippen LogP contribution in [0.3, 0.4) is 0 Å². The third-order valence-corrected chi connectivity index (χ3v) is 8.94. The second-order valence-electron chi connectivity index (χ2n) is 11.1. The number of hydrogen-bond donors (Lipinski definition) is 3. The van der Waals surface area contributed by atoms with Crippen LogP contribution in [-0.2, 0) is 32.6 Å². The highest BCUT2D eigenvalue weighted by Crippen LogP contribution is 2.47. The summed E-state index contributed by atoms with van der Waals surface area (Å²) in [6.07, 6.45) is 3.68. The van der Waals surface area contributed by atoms with E-state index in [1.54, 1.807) is 12.3 Å². The molecule has 1 spiro atoms. The van der Waals surface area contributed by atoms with E-state index in [-0.39, 0.29) is 30.5 Å². The molecule has 1 aliphatic carbocycles. The summed E-state index contributed by atoms with van der Waals surface area (Å²) in [4.78, 5) is 45.8. The van der Waals surface area contributed by atoms with Crippen molar-refractivity contribution >= 4 is 29.2 Å². The maximum absolute atomic E-state index is 14.1. The van der Waals surface area contributed by atoms with E-state index in [4.69, 9.17) is 0 Å². The van der Waals surface area contributed by atoms with Gasteiger partial charge in [0.25, 0.3) is 0 Å². The molecule has 212 valence electrons. The lowest BCUT2D eigenvalue weighted by molar-refractivity contribution is -0.148. The number of carbonyl (C=O) groups excluding carboxylic acids is 3. The molecule has 2 atom stereocenters. The molecule has 1 saturated heterocycles. The van der Waals surface area contributed by atoms with Gasteiger partial charge in [0.15, 0.2) is 0 Å². The summed E-state index contributed by atoms with van der Waals surface area (Å²) in [7, 11) is 0. The van der Waals surface area contributed by atoms with E-state index < -0.39 is 34.5 Å². The summed E-state index contributed by atoms with van der Waals surface area (Å²) in [6, 6.07) is 11.8. The number of piperazine rings is 1. The Bertz CT molecular complexity index is 1550. The number of benzene rings is 2.